The summed E-state index contributed by atoms with van der Waals surface area (Å²) in [4.78, 5) is 0. The molecule has 0 saturated heterocycles. The first-order valence-electron chi connectivity index (χ1n) is 5.05. The number of rotatable bonds is 4. The summed E-state index contributed by atoms with van der Waals surface area (Å²) in [6, 6.07) is 6.04. The maximum absolute atomic E-state index is 5.63. The van der Waals surface area contributed by atoms with Gasteiger partial charge in [-0.3, -0.25) is 0 Å². The van der Waals surface area contributed by atoms with E-state index in [0.717, 1.165) is 16.6 Å². The van der Waals surface area contributed by atoms with Crippen LogP contribution >= 0.6 is 15.9 Å². The highest BCUT2D eigenvalue weighted by Crippen LogP contribution is 2.34. The van der Waals surface area contributed by atoms with Gasteiger partial charge in [-0.1, -0.05) is 29.8 Å². The zero-order valence-electron chi connectivity index (χ0n) is 9.51. The minimum Gasteiger partial charge on any atom is -0.497 e. The van der Waals surface area contributed by atoms with E-state index in [1.54, 1.807) is 7.11 Å². The Bertz CT molecular complexity index is 336. The number of benzene rings is 1. The van der Waals surface area contributed by atoms with E-state index in [1.807, 2.05) is 12.1 Å². The average molecular weight is 272 g/mol. The predicted molar refractivity (Wildman–Crippen MR) is 67.4 cm³/mol. The van der Waals surface area contributed by atoms with Gasteiger partial charge in [0.05, 0.1) is 7.11 Å². The molecule has 0 heterocycles. The third kappa shape index (κ3) is 2.95. The van der Waals surface area contributed by atoms with Crippen molar-refractivity contribution in [3.63, 3.8) is 0 Å². The number of ether oxygens (including phenoxy) is 1. The fraction of sp³-hybridized carbons (Fsp3) is 0.500. The summed E-state index contributed by atoms with van der Waals surface area (Å²) in [5, 5.41) is 0. The molecular formula is C12H18BrNO. The summed E-state index contributed by atoms with van der Waals surface area (Å²) >= 11 is 3.57. The first-order valence-corrected chi connectivity index (χ1v) is 5.84. The Balaban J connectivity index is 3.11. The number of nitrogens with two attached hydrogens (primary N) is 1. The van der Waals surface area contributed by atoms with Crippen molar-refractivity contribution in [1.82, 2.24) is 0 Å². The van der Waals surface area contributed by atoms with Crippen LogP contribution in [0.3, 0.4) is 0 Å². The van der Waals surface area contributed by atoms with Crippen LogP contribution in [0.15, 0.2) is 22.7 Å². The topological polar surface area (TPSA) is 35.2 Å². The normalized spacial score (nSPS) is 11.5. The number of hydrogen-bond acceptors (Lipinski definition) is 2. The molecule has 0 atom stereocenters. The van der Waals surface area contributed by atoms with E-state index in [0.29, 0.717) is 6.54 Å². The molecule has 15 heavy (non-hydrogen) atoms. The van der Waals surface area contributed by atoms with Crippen molar-refractivity contribution in [2.75, 3.05) is 13.7 Å². The second-order valence-electron chi connectivity index (χ2n) is 4.27. The van der Waals surface area contributed by atoms with Crippen LogP contribution in [0.1, 0.15) is 25.8 Å². The van der Waals surface area contributed by atoms with E-state index in [4.69, 9.17) is 10.5 Å². The van der Waals surface area contributed by atoms with Crippen LogP contribution < -0.4 is 10.5 Å². The van der Waals surface area contributed by atoms with Crippen molar-refractivity contribution < 1.29 is 4.74 Å². The highest BCUT2D eigenvalue weighted by atomic mass is 79.9. The Morgan fingerprint density at radius 3 is 2.60 bits per heavy atom. The van der Waals surface area contributed by atoms with Crippen molar-refractivity contribution in [1.29, 1.82) is 0 Å². The molecule has 0 amide bonds. The highest BCUT2D eigenvalue weighted by molar-refractivity contribution is 9.10. The molecule has 0 saturated carbocycles. The molecule has 0 aliphatic heterocycles. The Morgan fingerprint density at radius 2 is 2.07 bits per heavy atom. The van der Waals surface area contributed by atoms with Crippen LogP contribution in [-0.4, -0.2) is 13.7 Å². The van der Waals surface area contributed by atoms with Crippen LogP contribution in [0.25, 0.3) is 0 Å². The SMILES string of the molecule is COc1ccc(Br)c(C(C)(C)CCN)c1. The van der Waals surface area contributed by atoms with E-state index >= 15 is 0 Å². The Kier molecular flexibility index (Phi) is 4.17. The van der Waals surface area contributed by atoms with Gasteiger partial charge in [0.25, 0.3) is 0 Å². The van der Waals surface area contributed by atoms with E-state index < -0.39 is 0 Å². The van der Waals surface area contributed by atoms with Crippen LogP contribution in [-0.2, 0) is 5.41 Å². The van der Waals surface area contributed by atoms with Crippen molar-refractivity contribution >= 4 is 15.9 Å². The van der Waals surface area contributed by atoms with Crippen molar-refractivity contribution in [3.8, 4) is 5.75 Å². The largest absolute Gasteiger partial charge is 0.497 e. The highest BCUT2D eigenvalue weighted by Gasteiger charge is 2.22. The standard InChI is InChI=1S/C12H18BrNO/c1-12(2,6-7-14)10-8-9(15-3)4-5-11(10)13/h4-5,8H,6-7,14H2,1-3H3. The summed E-state index contributed by atoms with van der Waals surface area (Å²) in [5.74, 6) is 0.887. The second-order valence-corrected chi connectivity index (χ2v) is 5.12. The van der Waals surface area contributed by atoms with Gasteiger partial charge in [0, 0.05) is 4.47 Å². The molecule has 0 aliphatic rings. The van der Waals surface area contributed by atoms with E-state index in [2.05, 4.69) is 35.8 Å². The quantitative estimate of drug-likeness (QED) is 0.914. The summed E-state index contributed by atoms with van der Waals surface area (Å²) in [6.45, 7) is 5.08. The lowest BCUT2D eigenvalue weighted by Crippen LogP contribution is -2.22. The fourth-order valence-electron chi connectivity index (χ4n) is 1.65. The summed E-state index contributed by atoms with van der Waals surface area (Å²) in [5.41, 5.74) is 6.94. The minimum absolute atomic E-state index is 0.0716. The maximum atomic E-state index is 5.63. The molecule has 1 aromatic carbocycles. The molecule has 0 bridgehead atoms. The Hall–Kier alpha value is -0.540. The lowest BCUT2D eigenvalue weighted by atomic mass is 9.81. The summed E-state index contributed by atoms with van der Waals surface area (Å²) in [7, 11) is 1.68. The monoisotopic (exact) mass is 271 g/mol. The van der Waals surface area contributed by atoms with Crippen LogP contribution in [0.4, 0.5) is 0 Å². The van der Waals surface area contributed by atoms with Gasteiger partial charge in [0.15, 0.2) is 0 Å². The van der Waals surface area contributed by atoms with E-state index in [9.17, 15) is 0 Å². The van der Waals surface area contributed by atoms with Gasteiger partial charge in [-0.2, -0.15) is 0 Å². The first kappa shape index (κ1) is 12.5. The van der Waals surface area contributed by atoms with Crippen molar-refractivity contribution in [2.24, 2.45) is 5.73 Å². The van der Waals surface area contributed by atoms with Gasteiger partial charge < -0.3 is 10.5 Å². The molecule has 1 aromatic rings. The number of hydrogen-bond donors (Lipinski definition) is 1. The molecule has 0 aliphatic carbocycles. The Morgan fingerprint density at radius 1 is 1.40 bits per heavy atom. The van der Waals surface area contributed by atoms with Gasteiger partial charge in [-0.25, -0.2) is 0 Å². The van der Waals surface area contributed by atoms with Gasteiger partial charge in [0.2, 0.25) is 0 Å². The molecule has 0 unspecified atom stereocenters. The number of halogens is 1. The molecule has 1 rings (SSSR count). The minimum atomic E-state index is 0.0716. The molecular weight excluding hydrogens is 254 g/mol. The molecule has 0 radical (unpaired) electrons. The molecule has 2 N–H and O–H groups in total. The number of methoxy groups -OCH3 is 1. The van der Waals surface area contributed by atoms with Crippen LogP contribution in [0.2, 0.25) is 0 Å². The molecule has 84 valence electrons. The summed E-state index contributed by atoms with van der Waals surface area (Å²) < 4.78 is 6.34. The zero-order valence-corrected chi connectivity index (χ0v) is 11.1. The molecule has 0 aromatic heterocycles. The molecule has 2 nitrogen and oxygen atoms in total. The average Bonchev–Trinajstić information content (AvgIpc) is 2.18. The predicted octanol–water partition coefficient (Wildman–Crippen LogP) is 3.08. The van der Waals surface area contributed by atoms with Gasteiger partial charge >= 0.3 is 0 Å². The lowest BCUT2D eigenvalue weighted by molar-refractivity contribution is 0.410. The maximum Gasteiger partial charge on any atom is 0.119 e. The van der Waals surface area contributed by atoms with E-state index in [1.165, 1.54) is 5.56 Å². The summed E-state index contributed by atoms with van der Waals surface area (Å²) in [6.07, 6.45) is 0.957. The third-order valence-corrected chi connectivity index (χ3v) is 3.36. The molecule has 0 fully saturated rings. The van der Waals surface area contributed by atoms with Crippen LogP contribution in [0.5, 0.6) is 5.75 Å². The third-order valence-electron chi connectivity index (χ3n) is 2.67. The Labute approximate surface area is 99.9 Å². The second kappa shape index (κ2) is 4.99. The van der Waals surface area contributed by atoms with Gasteiger partial charge in [-0.15, -0.1) is 0 Å². The van der Waals surface area contributed by atoms with E-state index in [-0.39, 0.29) is 5.41 Å². The first-order chi connectivity index (χ1) is 7.01. The van der Waals surface area contributed by atoms with Gasteiger partial charge in [-0.05, 0) is 42.1 Å². The molecule has 0 spiro atoms. The van der Waals surface area contributed by atoms with Gasteiger partial charge in [0.1, 0.15) is 5.75 Å². The van der Waals surface area contributed by atoms with Crippen LogP contribution in [0, 0.1) is 0 Å². The molecule has 3 heteroatoms. The fourth-order valence-corrected chi connectivity index (χ4v) is 2.43. The zero-order chi connectivity index (χ0) is 11.5. The smallest absolute Gasteiger partial charge is 0.119 e. The lowest BCUT2D eigenvalue weighted by Gasteiger charge is -2.26. The van der Waals surface area contributed by atoms with Crippen molar-refractivity contribution in [3.05, 3.63) is 28.2 Å². The van der Waals surface area contributed by atoms with Crippen molar-refractivity contribution in [2.45, 2.75) is 25.7 Å².